The summed E-state index contributed by atoms with van der Waals surface area (Å²) in [7, 11) is -0.423. The van der Waals surface area contributed by atoms with Crippen LogP contribution in [0.2, 0.25) is 0 Å². The molecule has 0 aromatic carbocycles. The highest BCUT2D eigenvalue weighted by Gasteiger charge is 2.37. The van der Waals surface area contributed by atoms with Crippen LogP contribution in [0.1, 0.15) is 30.4 Å². The third-order valence-electron chi connectivity index (χ3n) is 3.97. The minimum atomic E-state index is -3.50. The van der Waals surface area contributed by atoms with Gasteiger partial charge in [-0.15, -0.1) is 0 Å². The number of aromatic nitrogens is 4. The first-order valence-corrected chi connectivity index (χ1v) is 9.36. The van der Waals surface area contributed by atoms with E-state index in [-0.39, 0.29) is 6.04 Å². The van der Waals surface area contributed by atoms with Crippen LogP contribution in [-0.4, -0.2) is 57.6 Å². The van der Waals surface area contributed by atoms with Crippen molar-refractivity contribution in [1.29, 1.82) is 0 Å². The molecule has 1 N–H and O–H groups in total. The van der Waals surface area contributed by atoms with Crippen molar-refractivity contribution in [3.63, 3.8) is 0 Å². The van der Waals surface area contributed by atoms with Crippen LogP contribution in [0.25, 0.3) is 0 Å². The van der Waals surface area contributed by atoms with E-state index in [2.05, 4.69) is 25.3 Å². The summed E-state index contributed by atoms with van der Waals surface area (Å²) in [4.78, 5) is 17.0. The molecule has 1 fully saturated rings. The molecule has 1 saturated heterocycles. The summed E-state index contributed by atoms with van der Waals surface area (Å²) in [5.41, 5.74) is 0.675. The molecule has 0 amide bonds. The normalized spacial score (nSPS) is 18.6. The van der Waals surface area contributed by atoms with Gasteiger partial charge in [0.1, 0.15) is 11.6 Å². The van der Waals surface area contributed by atoms with Crippen LogP contribution in [0.4, 0.5) is 11.8 Å². The summed E-state index contributed by atoms with van der Waals surface area (Å²) in [6.45, 7) is 2.26. The summed E-state index contributed by atoms with van der Waals surface area (Å²) in [6, 6.07) is 3.19. The predicted octanol–water partition coefficient (Wildman–Crippen LogP) is 1.26. The van der Waals surface area contributed by atoms with E-state index in [9.17, 15) is 8.42 Å². The maximum Gasteiger partial charge on any atom is 0.282 e. The first-order chi connectivity index (χ1) is 11.9. The van der Waals surface area contributed by atoms with Crippen LogP contribution in [0.15, 0.2) is 24.5 Å². The van der Waals surface area contributed by atoms with Gasteiger partial charge in [-0.2, -0.15) is 17.0 Å². The molecule has 0 radical (unpaired) electrons. The zero-order valence-electron chi connectivity index (χ0n) is 14.4. The highest BCUT2D eigenvalue weighted by molar-refractivity contribution is 7.86. The van der Waals surface area contributed by atoms with Gasteiger partial charge in [-0.05, 0) is 25.8 Å². The van der Waals surface area contributed by atoms with Crippen molar-refractivity contribution in [3.05, 3.63) is 36.0 Å². The minimum absolute atomic E-state index is 0.300. The lowest BCUT2D eigenvalue weighted by Gasteiger charge is -2.26. The minimum Gasteiger partial charge on any atom is -0.309 e. The average molecular weight is 363 g/mol. The van der Waals surface area contributed by atoms with Crippen molar-refractivity contribution in [2.24, 2.45) is 0 Å². The van der Waals surface area contributed by atoms with Gasteiger partial charge in [0.2, 0.25) is 5.95 Å². The molecular formula is C15H21N7O2S. The highest BCUT2D eigenvalue weighted by Crippen LogP contribution is 2.34. The van der Waals surface area contributed by atoms with Crippen molar-refractivity contribution < 1.29 is 8.42 Å². The van der Waals surface area contributed by atoms with Crippen molar-refractivity contribution in [2.75, 3.05) is 26.0 Å². The Kier molecular flexibility index (Phi) is 4.93. The topological polar surface area (TPSA) is 104 Å². The Hall–Kier alpha value is -2.17. The van der Waals surface area contributed by atoms with E-state index in [1.165, 1.54) is 22.7 Å². The van der Waals surface area contributed by atoms with Crippen molar-refractivity contribution >= 4 is 22.0 Å². The van der Waals surface area contributed by atoms with Gasteiger partial charge in [0.25, 0.3) is 10.2 Å². The number of nitrogens with zero attached hydrogens (tertiary/aromatic N) is 6. The fourth-order valence-corrected chi connectivity index (χ4v) is 4.14. The lowest BCUT2D eigenvalue weighted by Crippen LogP contribution is -2.39. The van der Waals surface area contributed by atoms with Gasteiger partial charge in [-0.25, -0.2) is 19.9 Å². The van der Waals surface area contributed by atoms with Gasteiger partial charge < -0.3 is 5.32 Å². The maximum atomic E-state index is 12.6. The molecule has 3 rings (SSSR count). The molecule has 0 spiro atoms. The molecule has 9 nitrogen and oxygen atoms in total. The smallest absolute Gasteiger partial charge is 0.282 e. The summed E-state index contributed by atoms with van der Waals surface area (Å²) < 4.78 is 27.8. The Bertz CT molecular complexity index is 842. The Balaban J connectivity index is 1.92. The molecule has 1 atom stereocenters. The van der Waals surface area contributed by atoms with E-state index in [0.29, 0.717) is 29.8 Å². The van der Waals surface area contributed by atoms with Crippen LogP contribution >= 0.6 is 0 Å². The highest BCUT2D eigenvalue weighted by atomic mass is 32.2. The van der Waals surface area contributed by atoms with Crippen molar-refractivity contribution in [1.82, 2.24) is 28.5 Å². The van der Waals surface area contributed by atoms with Gasteiger partial charge in [-0.3, -0.25) is 0 Å². The molecule has 1 unspecified atom stereocenters. The second kappa shape index (κ2) is 6.98. The van der Waals surface area contributed by atoms with Gasteiger partial charge in [0.15, 0.2) is 0 Å². The van der Waals surface area contributed by atoms with E-state index < -0.39 is 10.2 Å². The molecule has 25 heavy (non-hydrogen) atoms. The molecular weight excluding hydrogens is 342 g/mol. The van der Waals surface area contributed by atoms with Gasteiger partial charge in [-0.1, -0.05) is 0 Å². The van der Waals surface area contributed by atoms with Gasteiger partial charge >= 0.3 is 0 Å². The van der Waals surface area contributed by atoms with E-state index in [1.807, 2.05) is 0 Å². The third-order valence-corrected chi connectivity index (χ3v) is 5.92. The summed E-state index contributed by atoms with van der Waals surface area (Å²) in [5, 5.41) is 3.03. The molecule has 134 valence electrons. The monoisotopic (exact) mass is 363 g/mol. The fraction of sp³-hybridized carbons (Fsp3) is 0.467. The Morgan fingerprint density at radius 2 is 1.96 bits per heavy atom. The van der Waals surface area contributed by atoms with Crippen LogP contribution < -0.4 is 5.32 Å². The number of aryl methyl sites for hydroxylation is 1. The average Bonchev–Trinajstić information content (AvgIpc) is 3.05. The second-order valence-corrected chi connectivity index (χ2v) is 8.08. The molecule has 2 aromatic rings. The van der Waals surface area contributed by atoms with Crippen molar-refractivity contribution in [3.8, 4) is 0 Å². The predicted molar refractivity (Wildman–Crippen MR) is 93.4 cm³/mol. The summed E-state index contributed by atoms with van der Waals surface area (Å²) in [5.74, 6) is 1.53. The molecule has 0 bridgehead atoms. The zero-order valence-corrected chi connectivity index (χ0v) is 15.2. The number of hydrogen-bond donors (Lipinski definition) is 1. The molecule has 3 heterocycles. The Labute approximate surface area is 147 Å². The van der Waals surface area contributed by atoms with E-state index >= 15 is 0 Å². The summed E-state index contributed by atoms with van der Waals surface area (Å²) >= 11 is 0. The lowest BCUT2D eigenvalue weighted by molar-refractivity contribution is 0.357. The van der Waals surface area contributed by atoms with Crippen LogP contribution in [0.3, 0.4) is 0 Å². The number of nitrogens with one attached hydrogen (secondary N) is 1. The number of hydrogen-bond acceptors (Lipinski definition) is 7. The lowest BCUT2D eigenvalue weighted by atomic mass is 10.1. The maximum absolute atomic E-state index is 12.6. The quantitative estimate of drug-likeness (QED) is 0.853. The Morgan fingerprint density at radius 3 is 2.64 bits per heavy atom. The summed E-state index contributed by atoms with van der Waals surface area (Å²) in [6.07, 6.45) is 4.79. The fourth-order valence-electron chi connectivity index (χ4n) is 2.83. The number of rotatable bonds is 5. The molecule has 2 aromatic heterocycles. The van der Waals surface area contributed by atoms with Gasteiger partial charge in [0, 0.05) is 39.1 Å². The van der Waals surface area contributed by atoms with Crippen molar-refractivity contribution in [2.45, 2.75) is 25.8 Å². The Morgan fingerprint density at radius 1 is 1.24 bits per heavy atom. The SMILES string of the molecule is Cc1nc(Nc2ncccn2)cc(C2CCCN2S(=O)(=O)N(C)C)n1. The zero-order chi connectivity index (χ0) is 18.0. The standard InChI is InChI=1S/C15H21N7O2S/c1-11-18-12(10-14(19-11)20-15-16-7-5-8-17-15)13-6-4-9-22(13)25(23,24)21(2)3/h5,7-8,10,13H,4,6,9H2,1-3H3,(H,16,17,18,19,20). The second-order valence-electron chi connectivity index (χ2n) is 5.98. The van der Waals surface area contributed by atoms with Gasteiger partial charge in [0.05, 0.1) is 11.7 Å². The molecule has 0 saturated carbocycles. The first-order valence-electron chi connectivity index (χ1n) is 7.97. The molecule has 10 heteroatoms. The third kappa shape index (κ3) is 3.75. The van der Waals surface area contributed by atoms with E-state index in [1.54, 1.807) is 31.5 Å². The van der Waals surface area contributed by atoms with Crippen LogP contribution in [0.5, 0.6) is 0 Å². The van der Waals surface area contributed by atoms with E-state index in [4.69, 9.17) is 0 Å². The van der Waals surface area contributed by atoms with Crippen LogP contribution in [0, 0.1) is 6.92 Å². The molecule has 1 aliphatic rings. The molecule has 0 aliphatic carbocycles. The first kappa shape index (κ1) is 17.6. The van der Waals surface area contributed by atoms with E-state index in [0.717, 1.165) is 12.8 Å². The largest absolute Gasteiger partial charge is 0.309 e. The molecule has 1 aliphatic heterocycles. The number of anilines is 2. The van der Waals surface area contributed by atoms with Crippen LogP contribution in [-0.2, 0) is 10.2 Å².